The second-order valence-corrected chi connectivity index (χ2v) is 7.49. The first-order valence-corrected chi connectivity index (χ1v) is 9.78. The Labute approximate surface area is 160 Å². The SMILES string of the molecule is CCC(=O)Nc1ccc(C(=O)COc2ncnc3sc4c(c23)CCC4)cc1. The number of Topliss-reactive ketones (excluding diaryl/α,β-unsaturated/α-hetero) is 1. The van der Waals surface area contributed by atoms with Crippen LogP contribution in [0.25, 0.3) is 10.2 Å². The molecule has 0 aliphatic heterocycles. The molecule has 0 unspecified atom stereocenters. The molecule has 138 valence electrons. The van der Waals surface area contributed by atoms with Gasteiger partial charge in [0.05, 0.1) is 5.39 Å². The number of carbonyl (C=O) groups is 2. The summed E-state index contributed by atoms with van der Waals surface area (Å²) in [5.41, 5.74) is 2.48. The highest BCUT2D eigenvalue weighted by molar-refractivity contribution is 7.18. The van der Waals surface area contributed by atoms with Gasteiger partial charge >= 0.3 is 0 Å². The Morgan fingerprint density at radius 3 is 2.78 bits per heavy atom. The minimum atomic E-state index is -0.137. The number of carbonyl (C=O) groups excluding carboxylic acids is 2. The lowest BCUT2D eigenvalue weighted by molar-refractivity contribution is -0.115. The van der Waals surface area contributed by atoms with Crippen molar-refractivity contribution in [2.45, 2.75) is 32.6 Å². The fraction of sp³-hybridized carbons (Fsp3) is 0.300. The van der Waals surface area contributed by atoms with Crippen LogP contribution in [-0.4, -0.2) is 28.3 Å². The Balaban J connectivity index is 1.47. The number of ether oxygens (including phenoxy) is 1. The molecule has 1 amide bonds. The molecule has 1 aliphatic rings. The summed E-state index contributed by atoms with van der Waals surface area (Å²) in [6, 6.07) is 6.81. The summed E-state index contributed by atoms with van der Waals surface area (Å²) in [5, 5.41) is 3.72. The van der Waals surface area contributed by atoms with Gasteiger partial charge in [-0.15, -0.1) is 11.3 Å². The predicted octanol–water partition coefficient (Wildman–Crippen LogP) is 3.79. The van der Waals surface area contributed by atoms with E-state index in [4.69, 9.17) is 4.74 Å². The minimum Gasteiger partial charge on any atom is -0.469 e. The van der Waals surface area contributed by atoms with Crippen LogP contribution in [0.3, 0.4) is 0 Å². The average Bonchev–Trinajstić information content (AvgIpc) is 3.27. The molecule has 1 aliphatic carbocycles. The van der Waals surface area contributed by atoms with Crippen molar-refractivity contribution in [3.05, 3.63) is 46.6 Å². The summed E-state index contributed by atoms with van der Waals surface area (Å²) in [7, 11) is 0. The van der Waals surface area contributed by atoms with Gasteiger partial charge in [-0.05, 0) is 49.1 Å². The summed E-state index contributed by atoms with van der Waals surface area (Å²) in [6.45, 7) is 1.70. The molecule has 1 aromatic carbocycles. The topological polar surface area (TPSA) is 81.2 Å². The van der Waals surface area contributed by atoms with Gasteiger partial charge in [-0.2, -0.15) is 0 Å². The molecule has 0 saturated heterocycles. The Bertz CT molecular complexity index is 1010. The second kappa shape index (κ2) is 7.44. The molecule has 4 rings (SSSR count). The number of ketones is 1. The Morgan fingerprint density at radius 1 is 1.19 bits per heavy atom. The number of amides is 1. The van der Waals surface area contributed by atoms with Crippen LogP contribution in [0.4, 0.5) is 5.69 Å². The van der Waals surface area contributed by atoms with E-state index in [-0.39, 0.29) is 18.3 Å². The predicted molar refractivity (Wildman–Crippen MR) is 105 cm³/mol. The molecular weight excluding hydrogens is 362 g/mol. The van der Waals surface area contributed by atoms with E-state index in [1.54, 1.807) is 42.5 Å². The van der Waals surface area contributed by atoms with Crippen molar-refractivity contribution in [1.82, 2.24) is 9.97 Å². The number of benzene rings is 1. The van der Waals surface area contributed by atoms with E-state index < -0.39 is 0 Å². The van der Waals surface area contributed by atoms with Crippen LogP contribution in [0.5, 0.6) is 5.88 Å². The quantitative estimate of drug-likeness (QED) is 0.657. The highest BCUT2D eigenvalue weighted by atomic mass is 32.1. The van der Waals surface area contributed by atoms with E-state index >= 15 is 0 Å². The second-order valence-electron chi connectivity index (χ2n) is 6.41. The van der Waals surface area contributed by atoms with Crippen LogP contribution < -0.4 is 10.1 Å². The number of hydrogen-bond acceptors (Lipinski definition) is 6. The molecule has 0 spiro atoms. The molecule has 7 heteroatoms. The van der Waals surface area contributed by atoms with Gasteiger partial charge in [0.1, 0.15) is 11.2 Å². The molecule has 0 saturated carbocycles. The van der Waals surface area contributed by atoms with Crippen LogP contribution in [0.1, 0.15) is 40.6 Å². The number of thiophene rings is 1. The Kier molecular flexibility index (Phi) is 4.85. The summed E-state index contributed by atoms with van der Waals surface area (Å²) in [5.74, 6) is 0.287. The number of hydrogen-bond donors (Lipinski definition) is 1. The first-order chi connectivity index (χ1) is 13.2. The number of aryl methyl sites for hydroxylation is 2. The minimum absolute atomic E-state index is 0.0616. The highest BCUT2D eigenvalue weighted by Gasteiger charge is 2.22. The molecule has 2 aromatic heterocycles. The number of nitrogens with one attached hydrogen (secondary N) is 1. The molecule has 27 heavy (non-hydrogen) atoms. The van der Waals surface area contributed by atoms with Gasteiger partial charge in [0, 0.05) is 22.5 Å². The number of nitrogens with zero attached hydrogens (tertiary/aromatic N) is 2. The van der Waals surface area contributed by atoms with Gasteiger partial charge in [0.15, 0.2) is 12.4 Å². The third kappa shape index (κ3) is 3.55. The monoisotopic (exact) mass is 381 g/mol. The van der Waals surface area contributed by atoms with Crippen molar-refractivity contribution in [2.75, 3.05) is 11.9 Å². The maximum Gasteiger partial charge on any atom is 0.226 e. The lowest BCUT2D eigenvalue weighted by Gasteiger charge is -2.08. The smallest absolute Gasteiger partial charge is 0.226 e. The van der Waals surface area contributed by atoms with Crippen molar-refractivity contribution in [2.24, 2.45) is 0 Å². The van der Waals surface area contributed by atoms with Gasteiger partial charge in [-0.25, -0.2) is 9.97 Å². The fourth-order valence-electron chi connectivity index (χ4n) is 3.22. The number of aromatic nitrogens is 2. The molecule has 0 atom stereocenters. The maximum absolute atomic E-state index is 12.5. The molecule has 3 aromatic rings. The lowest BCUT2D eigenvalue weighted by Crippen LogP contribution is -2.13. The van der Waals surface area contributed by atoms with Crippen molar-refractivity contribution < 1.29 is 14.3 Å². The van der Waals surface area contributed by atoms with Crippen molar-refractivity contribution in [3.8, 4) is 5.88 Å². The Morgan fingerprint density at radius 2 is 2.00 bits per heavy atom. The van der Waals surface area contributed by atoms with E-state index in [1.807, 2.05) is 0 Å². The zero-order chi connectivity index (χ0) is 18.8. The zero-order valence-electron chi connectivity index (χ0n) is 14.9. The standard InChI is InChI=1S/C20H19N3O3S/c1-2-17(25)23-13-8-6-12(7-9-13)15(24)10-26-19-18-14-4-3-5-16(14)27-20(18)22-11-21-19/h6-9,11H,2-5,10H2,1H3,(H,23,25). The van der Waals surface area contributed by atoms with Gasteiger partial charge in [0.2, 0.25) is 11.8 Å². The maximum atomic E-state index is 12.5. The first-order valence-electron chi connectivity index (χ1n) is 8.97. The van der Waals surface area contributed by atoms with Gasteiger partial charge < -0.3 is 10.1 Å². The van der Waals surface area contributed by atoms with Crippen molar-refractivity contribution >= 4 is 38.9 Å². The van der Waals surface area contributed by atoms with Gasteiger partial charge in [-0.1, -0.05) is 6.92 Å². The zero-order valence-corrected chi connectivity index (χ0v) is 15.8. The number of anilines is 1. The van der Waals surface area contributed by atoms with Crippen LogP contribution in [0, 0.1) is 0 Å². The molecule has 0 radical (unpaired) electrons. The molecule has 0 bridgehead atoms. The van der Waals surface area contributed by atoms with E-state index in [2.05, 4.69) is 15.3 Å². The molecule has 0 fully saturated rings. The van der Waals surface area contributed by atoms with Crippen LogP contribution in [-0.2, 0) is 17.6 Å². The van der Waals surface area contributed by atoms with E-state index in [1.165, 1.54) is 16.8 Å². The first kappa shape index (κ1) is 17.6. The summed E-state index contributed by atoms with van der Waals surface area (Å²) < 4.78 is 5.77. The van der Waals surface area contributed by atoms with Crippen LogP contribution in [0.2, 0.25) is 0 Å². The third-order valence-electron chi connectivity index (χ3n) is 4.62. The normalized spacial score (nSPS) is 12.8. The van der Waals surface area contributed by atoms with E-state index in [0.717, 1.165) is 29.5 Å². The summed E-state index contributed by atoms with van der Waals surface area (Å²) in [6.07, 6.45) is 5.13. The molecule has 2 heterocycles. The largest absolute Gasteiger partial charge is 0.469 e. The van der Waals surface area contributed by atoms with E-state index in [0.29, 0.717) is 23.6 Å². The van der Waals surface area contributed by atoms with E-state index in [9.17, 15) is 9.59 Å². The van der Waals surface area contributed by atoms with Gasteiger partial charge in [0.25, 0.3) is 0 Å². The van der Waals surface area contributed by atoms with Crippen molar-refractivity contribution in [3.63, 3.8) is 0 Å². The van der Waals surface area contributed by atoms with Crippen LogP contribution >= 0.6 is 11.3 Å². The molecular formula is C20H19N3O3S. The summed E-state index contributed by atoms with van der Waals surface area (Å²) in [4.78, 5) is 34.7. The fourth-order valence-corrected chi connectivity index (χ4v) is 4.43. The highest BCUT2D eigenvalue weighted by Crippen LogP contribution is 2.39. The Hall–Kier alpha value is -2.80. The third-order valence-corrected chi connectivity index (χ3v) is 5.82. The summed E-state index contributed by atoms with van der Waals surface area (Å²) >= 11 is 1.69. The number of fused-ring (bicyclic) bond motifs is 3. The average molecular weight is 381 g/mol. The molecule has 1 N–H and O–H groups in total. The van der Waals surface area contributed by atoms with Gasteiger partial charge in [-0.3, -0.25) is 9.59 Å². The lowest BCUT2D eigenvalue weighted by atomic mass is 10.1. The molecule has 6 nitrogen and oxygen atoms in total. The van der Waals surface area contributed by atoms with Crippen LogP contribution in [0.15, 0.2) is 30.6 Å². The van der Waals surface area contributed by atoms with Crippen molar-refractivity contribution in [1.29, 1.82) is 0 Å². The number of rotatable bonds is 6.